The number of aliphatic hydroxyl groups is 2. The van der Waals surface area contributed by atoms with Crippen molar-refractivity contribution in [2.45, 2.75) is 32.0 Å². The molecule has 2 amide bonds. The largest absolute Gasteiger partial charge is 0.394 e. The first-order valence-corrected chi connectivity index (χ1v) is 8.78. The van der Waals surface area contributed by atoms with Crippen LogP contribution in [0, 0.1) is 0 Å². The highest BCUT2D eigenvalue weighted by Gasteiger charge is 2.27. The van der Waals surface area contributed by atoms with Gasteiger partial charge in [0.25, 0.3) is 6.23 Å². The van der Waals surface area contributed by atoms with E-state index in [0.29, 0.717) is 29.3 Å². The van der Waals surface area contributed by atoms with Crippen molar-refractivity contribution in [2.24, 2.45) is 10.7 Å². The summed E-state index contributed by atoms with van der Waals surface area (Å²) in [6.07, 6.45) is 8.88. The number of allylic oxidation sites excluding steroid dienone is 3. The molecule has 0 bridgehead atoms. The molecule has 3 rings (SSSR count). The number of amides is 2. The van der Waals surface area contributed by atoms with Crippen molar-refractivity contribution in [1.82, 2.24) is 15.1 Å². The van der Waals surface area contributed by atoms with Gasteiger partial charge in [-0.25, -0.2) is 19.0 Å². The first kappa shape index (κ1) is 18.8. The lowest BCUT2D eigenvalue weighted by Crippen LogP contribution is -2.38. The molecule has 10 nitrogen and oxygen atoms in total. The van der Waals surface area contributed by atoms with Gasteiger partial charge in [-0.05, 0) is 12.5 Å². The van der Waals surface area contributed by atoms with Crippen LogP contribution in [0.2, 0.25) is 0 Å². The molecule has 2 aliphatic rings. The number of hydrogen-bond donors (Lipinski definition) is 5. The van der Waals surface area contributed by atoms with Crippen LogP contribution in [0.1, 0.15) is 19.3 Å². The molecular weight excluding hydrogens is 350 g/mol. The molecule has 0 aromatic carbocycles. The highest BCUT2D eigenvalue weighted by Crippen LogP contribution is 2.23. The van der Waals surface area contributed by atoms with Crippen molar-refractivity contribution in [3.8, 4) is 0 Å². The first-order chi connectivity index (χ1) is 13.0. The predicted octanol–water partition coefficient (Wildman–Crippen LogP) is -0.392. The Bertz CT molecular complexity index is 851. The maximum atomic E-state index is 11.4. The molecule has 1 fully saturated rings. The lowest BCUT2D eigenvalue weighted by molar-refractivity contribution is -0.617. The Balaban J connectivity index is 1.96. The van der Waals surface area contributed by atoms with E-state index in [1.165, 1.54) is 10.9 Å². The predicted molar refractivity (Wildman–Crippen MR) is 101 cm³/mol. The monoisotopic (exact) mass is 374 g/mol. The number of nitrogens with two attached hydrogens (primary N) is 2. The van der Waals surface area contributed by atoms with Crippen molar-refractivity contribution in [2.75, 3.05) is 18.9 Å². The second kappa shape index (κ2) is 8.14. The minimum absolute atomic E-state index is 0.0906. The Morgan fingerprint density at radius 3 is 2.96 bits per heavy atom. The van der Waals surface area contributed by atoms with Gasteiger partial charge in [0, 0.05) is 25.0 Å². The number of nitrogen functional groups attached to an aromatic ring is 1. The molecule has 0 radical (unpaired) electrons. The van der Waals surface area contributed by atoms with E-state index in [4.69, 9.17) is 16.6 Å². The summed E-state index contributed by atoms with van der Waals surface area (Å²) in [5, 5.41) is 25.9. The number of anilines is 1. The van der Waals surface area contributed by atoms with Crippen LogP contribution in [0.3, 0.4) is 0 Å². The van der Waals surface area contributed by atoms with Gasteiger partial charge in [-0.15, -0.1) is 0 Å². The molecule has 1 aromatic rings. The fourth-order valence-corrected chi connectivity index (χ4v) is 3.12. The number of carbonyl (C=O) groups excluding carboxylic acids is 1. The minimum Gasteiger partial charge on any atom is -0.394 e. The summed E-state index contributed by atoms with van der Waals surface area (Å²) in [6, 6.07) is -0.716. The topological polar surface area (TPSA) is 155 Å². The summed E-state index contributed by atoms with van der Waals surface area (Å²) in [4.78, 5) is 15.9. The van der Waals surface area contributed by atoms with Crippen LogP contribution in [0.5, 0.6) is 0 Å². The van der Waals surface area contributed by atoms with E-state index in [1.54, 1.807) is 12.2 Å². The summed E-state index contributed by atoms with van der Waals surface area (Å²) in [6.45, 7) is 0.904. The summed E-state index contributed by atoms with van der Waals surface area (Å²) in [7, 11) is 0. The average Bonchev–Trinajstić information content (AvgIpc) is 2.97. The van der Waals surface area contributed by atoms with Gasteiger partial charge in [-0.1, -0.05) is 0 Å². The number of urea groups is 1. The first-order valence-electron chi connectivity index (χ1n) is 8.78. The zero-order chi connectivity index (χ0) is 19.4. The number of carbonyl (C=O) groups is 1. The molecule has 1 aromatic heterocycles. The van der Waals surface area contributed by atoms with Crippen molar-refractivity contribution in [3.05, 3.63) is 30.1 Å². The standard InChI is InChI=1S/C17H23N7O3/c18-16-14(10-20-24(16)7-8-25)21-12-5-4-11(9-13(12)22-17(19)27)23-6-2-1-3-15(23)26/h4-5,9-10,15,25-26H,1-3,6-8H2,(H4,18,19,20,22,27)/p+1. The minimum atomic E-state index is -0.716. The second-order valence-electron chi connectivity index (χ2n) is 6.33. The van der Waals surface area contributed by atoms with Gasteiger partial charge < -0.3 is 27.0 Å². The maximum Gasteiger partial charge on any atom is 0.316 e. The summed E-state index contributed by atoms with van der Waals surface area (Å²) < 4.78 is 3.32. The van der Waals surface area contributed by atoms with E-state index >= 15 is 0 Å². The Labute approximate surface area is 156 Å². The van der Waals surface area contributed by atoms with E-state index in [1.807, 2.05) is 10.7 Å². The number of aliphatic hydroxyl groups excluding tert-OH is 2. The number of aliphatic imine (C=N–C) groups is 1. The fraction of sp³-hybridized carbons (Fsp3) is 0.412. The van der Waals surface area contributed by atoms with Crippen molar-refractivity contribution >= 4 is 29.0 Å². The maximum absolute atomic E-state index is 11.4. The molecule has 144 valence electrons. The normalized spacial score (nSPS) is 24.1. The van der Waals surface area contributed by atoms with Crippen molar-refractivity contribution in [3.63, 3.8) is 0 Å². The van der Waals surface area contributed by atoms with Gasteiger partial charge in [-0.3, -0.25) is 0 Å². The van der Waals surface area contributed by atoms with E-state index in [9.17, 15) is 9.90 Å². The molecule has 1 aliphatic heterocycles. The molecule has 7 N–H and O–H groups in total. The molecule has 1 atom stereocenters. The zero-order valence-corrected chi connectivity index (χ0v) is 14.9. The molecular formula is C17H24N7O3+. The third kappa shape index (κ3) is 4.23. The highest BCUT2D eigenvalue weighted by molar-refractivity contribution is 6.21. The third-order valence-corrected chi connectivity index (χ3v) is 4.45. The number of nitrogens with one attached hydrogen (secondary N) is 1. The molecule has 1 unspecified atom stereocenters. The Morgan fingerprint density at radius 2 is 2.26 bits per heavy atom. The van der Waals surface area contributed by atoms with Crippen LogP contribution in [-0.4, -0.2) is 61.4 Å². The van der Waals surface area contributed by atoms with Crippen LogP contribution in [-0.2, 0) is 6.54 Å². The number of aromatic nitrogens is 2. The Morgan fingerprint density at radius 1 is 1.44 bits per heavy atom. The van der Waals surface area contributed by atoms with Crippen LogP contribution < -0.4 is 16.8 Å². The Kier molecular flexibility index (Phi) is 5.67. The van der Waals surface area contributed by atoms with Crippen LogP contribution in [0.25, 0.3) is 0 Å². The molecule has 1 saturated heterocycles. The molecule has 0 saturated carbocycles. The molecule has 1 aliphatic carbocycles. The van der Waals surface area contributed by atoms with Gasteiger partial charge in [0.2, 0.25) is 5.71 Å². The highest BCUT2D eigenvalue weighted by atomic mass is 16.3. The SMILES string of the molecule is NC(=O)NC1=CC(=[N+]2\CCCCC2O)/C=CC/1=N/c1cnn(CCO)c1N. The smallest absolute Gasteiger partial charge is 0.316 e. The van der Waals surface area contributed by atoms with Gasteiger partial charge in [0.15, 0.2) is 0 Å². The zero-order valence-electron chi connectivity index (χ0n) is 14.9. The second-order valence-corrected chi connectivity index (χ2v) is 6.33. The third-order valence-electron chi connectivity index (χ3n) is 4.45. The van der Waals surface area contributed by atoms with Gasteiger partial charge >= 0.3 is 6.03 Å². The number of primary amides is 1. The van der Waals surface area contributed by atoms with E-state index in [2.05, 4.69) is 15.4 Å². The van der Waals surface area contributed by atoms with Crippen molar-refractivity contribution < 1.29 is 19.6 Å². The number of piperidine rings is 1. The van der Waals surface area contributed by atoms with Crippen molar-refractivity contribution in [1.29, 1.82) is 0 Å². The fourth-order valence-electron chi connectivity index (χ4n) is 3.12. The van der Waals surface area contributed by atoms with Crippen LogP contribution in [0.4, 0.5) is 16.3 Å². The van der Waals surface area contributed by atoms with E-state index in [-0.39, 0.29) is 13.2 Å². The van der Waals surface area contributed by atoms with Gasteiger partial charge in [0.1, 0.15) is 18.1 Å². The van der Waals surface area contributed by atoms with E-state index in [0.717, 1.165) is 25.1 Å². The molecule has 27 heavy (non-hydrogen) atoms. The van der Waals surface area contributed by atoms with Gasteiger partial charge in [0.05, 0.1) is 30.8 Å². The lowest BCUT2D eigenvalue weighted by Gasteiger charge is -2.19. The van der Waals surface area contributed by atoms with Crippen LogP contribution >= 0.6 is 0 Å². The molecule has 10 heteroatoms. The van der Waals surface area contributed by atoms with Gasteiger partial charge in [-0.2, -0.15) is 5.10 Å². The lowest BCUT2D eigenvalue weighted by atomic mass is 10.1. The van der Waals surface area contributed by atoms with E-state index < -0.39 is 12.3 Å². The molecule has 0 spiro atoms. The van der Waals surface area contributed by atoms with Crippen LogP contribution in [0.15, 0.2) is 35.1 Å². The number of rotatable bonds is 4. The quantitative estimate of drug-likeness (QED) is 0.358. The molecule has 2 heterocycles. The number of nitrogens with zero attached hydrogens (tertiary/aromatic N) is 4. The summed E-state index contributed by atoms with van der Waals surface area (Å²) in [5.74, 6) is 0.310. The average molecular weight is 374 g/mol. The Hall–Kier alpha value is -2.98. The number of hydrogen-bond acceptors (Lipinski definition) is 6. The summed E-state index contributed by atoms with van der Waals surface area (Å²) >= 11 is 0. The summed E-state index contributed by atoms with van der Waals surface area (Å²) in [5.41, 5.74) is 13.3.